The van der Waals surface area contributed by atoms with Gasteiger partial charge in [-0.2, -0.15) is 0 Å². The molecule has 3 nitrogen and oxygen atoms in total. The molecule has 0 radical (unpaired) electrons. The summed E-state index contributed by atoms with van der Waals surface area (Å²) in [5, 5.41) is 3.02. The van der Waals surface area contributed by atoms with Gasteiger partial charge in [0.1, 0.15) is 0 Å². The van der Waals surface area contributed by atoms with Crippen molar-refractivity contribution < 1.29 is 8.42 Å². The minimum Gasteiger partial charge on any atom is -0.316 e. The molecule has 0 aliphatic heterocycles. The van der Waals surface area contributed by atoms with E-state index in [2.05, 4.69) is 5.32 Å². The van der Waals surface area contributed by atoms with Gasteiger partial charge in [-0.3, -0.25) is 0 Å². The van der Waals surface area contributed by atoms with Crippen LogP contribution in [-0.2, 0) is 16.4 Å². The maximum absolute atomic E-state index is 12.3. The van der Waals surface area contributed by atoms with Crippen LogP contribution in [0.4, 0.5) is 0 Å². The van der Waals surface area contributed by atoms with Gasteiger partial charge in [0.05, 0.1) is 9.79 Å². The molecule has 0 fully saturated rings. The Bertz CT molecular complexity index is 604. The minimum atomic E-state index is -3.39. The van der Waals surface area contributed by atoms with Crippen molar-refractivity contribution in [3.8, 4) is 0 Å². The zero-order valence-corrected chi connectivity index (χ0v) is 10.9. The molecule has 0 aromatic heterocycles. The molecule has 2 rings (SSSR count). The first kappa shape index (κ1) is 12.8. The van der Waals surface area contributed by atoms with E-state index < -0.39 is 9.84 Å². The molecule has 18 heavy (non-hydrogen) atoms. The second-order valence-electron chi connectivity index (χ2n) is 3.99. The van der Waals surface area contributed by atoms with Crippen LogP contribution in [0.3, 0.4) is 0 Å². The van der Waals surface area contributed by atoms with Crippen LogP contribution in [0.5, 0.6) is 0 Å². The van der Waals surface area contributed by atoms with Gasteiger partial charge < -0.3 is 5.32 Å². The van der Waals surface area contributed by atoms with Gasteiger partial charge in [0.2, 0.25) is 9.84 Å². The lowest BCUT2D eigenvalue weighted by Crippen LogP contribution is -2.06. The number of hydrogen-bond donors (Lipinski definition) is 1. The van der Waals surface area contributed by atoms with E-state index in [0.29, 0.717) is 9.79 Å². The quantitative estimate of drug-likeness (QED) is 0.918. The summed E-state index contributed by atoms with van der Waals surface area (Å²) in [5.41, 5.74) is 1.06. The topological polar surface area (TPSA) is 46.2 Å². The second kappa shape index (κ2) is 5.33. The highest BCUT2D eigenvalue weighted by Gasteiger charge is 2.16. The Morgan fingerprint density at radius 3 is 2.00 bits per heavy atom. The molecular weight excluding hydrogens is 246 g/mol. The predicted octanol–water partition coefficient (Wildman–Crippen LogP) is 2.24. The molecule has 0 saturated carbocycles. The zero-order chi connectivity index (χ0) is 13.0. The smallest absolute Gasteiger partial charge is 0.206 e. The molecule has 0 bridgehead atoms. The highest BCUT2D eigenvalue weighted by molar-refractivity contribution is 7.91. The van der Waals surface area contributed by atoms with Crippen molar-refractivity contribution >= 4 is 9.84 Å². The van der Waals surface area contributed by atoms with Gasteiger partial charge in [0.25, 0.3) is 0 Å². The first-order valence-corrected chi connectivity index (χ1v) is 7.16. The normalized spacial score (nSPS) is 11.4. The molecule has 0 atom stereocenters. The summed E-state index contributed by atoms with van der Waals surface area (Å²) in [6.45, 7) is 0.728. The first-order chi connectivity index (χ1) is 8.64. The maximum atomic E-state index is 12.3. The summed E-state index contributed by atoms with van der Waals surface area (Å²) < 4.78 is 24.6. The van der Waals surface area contributed by atoms with Crippen LogP contribution in [0.25, 0.3) is 0 Å². The van der Waals surface area contributed by atoms with Crippen molar-refractivity contribution in [2.24, 2.45) is 0 Å². The van der Waals surface area contributed by atoms with Crippen molar-refractivity contribution in [1.29, 1.82) is 0 Å². The average molecular weight is 261 g/mol. The molecule has 0 heterocycles. The Morgan fingerprint density at radius 1 is 0.889 bits per heavy atom. The summed E-state index contributed by atoms with van der Waals surface area (Å²) in [4.78, 5) is 0.653. The third-order valence-electron chi connectivity index (χ3n) is 2.67. The summed E-state index contributed by atoms with van der Waals surface area (Å²) in [5.74, 6) is 0. The Labute approximate surface area is 107 Å². The molecule has 4 heteroatoms. The predicted molar refractivity (Wildman–Crippen MR) is 71.1 cm³/mol. The molecule has 0 aliphatic carbocycles. The third kappa shape index (κ3) is 2.60. The Hall–Kier alpha value is -1.65. The van der Waals surface area contributed by atoms with Crippen molar-refractivity contribution in [2.45, 2.75) is 16.3 Å². The van der Waals surface area contributed by atoms with Crippen molar-refractivity contribution in [3.63, 3.8) is 0 Å². The van der Waals surface area contributed by atoms with Gasteiger partial charge in [-0.15, -0.1) is 0 Å². The van der Waals surface area contributed by atoms with Crippen LogP contribution in [0, 0.1) is 0 Å². The minimum absolute atomic E-state index is 0.325. The van der Waals surface area contributed by atoms with Gasteiger partial charge in [0, 0.05) is 6.54 Å². The van der Waals surface area contributed by atoms with E-state index in [0.717, 1.165) is 12.1 Å². The SMILES string of the molecule is CNCc1ccc(S(=O)(=O)c2ccccc2)cc1. The molecule has 2 aromatic rings. The lowest BCUT2D eigenvalue weighted by atomic mass is 10.2. The van der Waals surface area contributed by atoms with Crippen LogP contribution in [0.15, 0.2) is 64.4 Å². The van der Waals surface area contributed by atoms with E-state index in [4.69, 9.17) is 0 Å². The van der Waals surface area contributed by atoms with E-state index in [1.807, 2.05) is 19.2 Å². The Morgan fingerprint density at radius 2 is 1.44 bits per heavy atom. The van der Waals surface area contributed by atoms with Crippen LogP contribution >= 0.6 is 0 Å². The van der Waals surface area contributed by atoms with Crippen molar-refractivity contribution in [2.75, 3.05) is 7.05 Å². The molecule has 94 valence electrons. The number of benzene rings is 2. The molecule has 0 amide bonds. The fourth-order valence-electron chi connectivity index (χ4n) is 1.73. The highest BCUT2D eigenvalue weighted by Crippen LogP contribution is 2.20. The lowest BCUT2D eigenvalue weighted by molar-refractivity contribution is 0.596. The standard InChI is InChI=1S/C14H15NO2S/c1-15-11-12-7-9-14(10-8-12)18(16,17)13-5-3-2-4-6-13/h2-10,15H,11H2,1H3. The summed E-state index contributed by atoms with van der Waals surface area (Å²) in [6.07, 6.45) is 0. The summed E-state index contributed by atoms with van der Waals surface area (Å²) in [7, 11) is -1.54. The number of sulfone groups is 1. The average Bonchev–Trinajstić information content (AvgIpc) is 2.41. The fraction of sp³-hybridized carbons (Fsp3) is 0.143. The van der Waals surface area contributed by atoms with Crippen LogP contribution in [0.2, 0.25) is 0 Å². The van der Waals surface area contributed by atoms with E-state index in [-0.39, 0.29) is 0 Å². The Balaban J connectivity index is 2.36. The number of nitrogens with one attached hydrogen (secondary N) is 1. The molecular formula is C14H15NO2S. The maximum Gasteiger partial charge on any atom is 0.206 e. The fourth-order valence-corrected chi connectivity index (χ4v) is 3.01. The largest absolute Gasteiger partial charge is 0.316 e. The lowest BCUT2D eigenvalue weighted by Gasteiger charge is -2.05. The van der Waals surface area contributed by atoms with Gasteiger partial charge in [0.15, 0.2) is 0 Å². The number of hydrogen-bond acceptors (Lipinski definition) is 3. The van der Waals surface area contributed by atoms with E-state index in [9.17, 15) is 8.42 Å². The van der Waals surface area contributed by atoms with E-state index in [1.165, 1.54) is 0 Å². The van der Waals surface area contributed by atoms with Crippen molar-refractivity contribution in [3.05, 3.63) is 60.2 Å². The first-order valence-electron chi connectivity index (χ1n) is 5.68. The van der Waals surface area contributed by atoms with Gasteiger partial charge in [-0.1, -0.05) is 30.3 Å². The van der Waals surface area contributed by atoms with Gasteiger partial charge in [-0.05, 0) is 36.9 Å². The third-order valence-corrected chi connectivity index (χ3v) is 4.45. The van der Waals surface area contributed by atoms with E-state index >= 15 is 0 Å². The monoisotopic (exact) mass is 261 g/mol. The molecule has 1 N–H and O–H groups in total. The molecule has 2 aromatic carbocycles. The number of rotatable bonds is 4. The molecule has 0 unspecified atom stereocenters. The summed E-state index contributed by atoms with van der Waals surface area (Å²) >= 11 is 0. The van der Waals surface area contributed by atoms with Crippen LogP contribution in [0.1, 0.15) is 5.56 Å². The van der Waals surface area contributed by atoms with E-state index in [1.54, 1.807) is 42.5 Å². The van der Waals surface area contributed by atoms with Crippen LogP contribution < -0.4 is 5.32 Å². The highest BCUT2D eigenvalue weighted by atomic mass is 32.2. The molecule has 0 saturated heterocycles. The van der Waals surface area contributed by atoms with Gasteiger partial charge >= 0.3 is 0 Å². The Kier molecular flexibility index (Phi) is 3.79. The summed E-state index contributed by atoms with van der Waals surface area (Å²) in [6, 6.07) is 15.4. The zero-order valence-electron chi connectivity index (χ0n) is 10.1. The van der Waals surface area contributed by atoms with Crippen molar-refractivity contribution in [1.82, 2.24) is 5.32 Å². The van der Waals surface area contributed by atoms with Crippen LogP contribution in [-0.4, -0.2) is 15.5 Å². The molecule has 0 spiro atoms. The molecule has 0 aliphatic rings. The second-order valence-corrected chi connectivity index (χ2v) is 5.94. The van der Waals surface area contributed by atoms with Gasteiger partial charge in [-0.25, -0.2) is 8.42 Å².